The Labute approximate surface area is 218 Å². The Balaban J connectivity index is 1.87. The first-order chi connectivity index (χ1) is 16.8. The number of hydrogen-bond donors (Lipinski definition) is 1. The highest BCUT2D eigenvalue weighted by Gasteiger charge is 2.43. The van der Waals surface area contributed by atoms with Crippen molar-refractivity contribution >= 4 is 45.2 Å². The summed E-state index contributed by atoms with van der Waals surface area (Å²) >= 11 is 5.11. The maximum Gasteiger partial charge on any atom is 0.254 e. The maximum atomic E-state index is 13.9. The number of aryl methyl sites for hydroxylation is 1. The van der Waals surface area contributed by atoms with Crippen molar-refractivity contribution in [3.05, 3.63) is 81.3 Å². The zero-order chi connectivity index (χ0) is 25.3. The van der Waals surface area contributed by atoms with Crippen molar-refractivity contribution < 1.29 is 19.1 Å². The number of nitrogens with zero attached hydrogens (tertiary/aromatic N) is 1. The number of rotatable bonds is 6. The summed E-state index contributed by atoms with van der Waals surface area (Å²) in [6.07, 6.45) is 2.01. The van der Waals surface area contributed by atoms with Crippen molar-refractivity contribution in [1.82, 2.24) is 4.90 Å². The molecule has 0 radical (unpaired) electrons. The zero-order valence-electron chi connectivity index (χ0n) is 20.2. The van der Waals surface area contributed by atoms with Crippen molar-refractivity contribution in [2.24, 2.45) is 0 Å². The Morgan fingerprint density at radius 2 is 1.69 bits per heavy atom. The number of nitrogens with one attached hydrogen (secondary N) is 1. The third-order valence-corrected chi connectivity index (χ3v) is 7.60. The molecule has 0 aromatic heterocycles. The number of methoxy groups -OCH3 is 2. The fourth-order valence-electron chi connectivity index (χ4n) is 4.53. The van der Waals surface area contributed by atoms with Crippen molar-refractivity contribution in [2.75, 3.05) is 32.8 Å². The van der Waals surface area contributed by atoms with Gasteiger partial charge in [-0.05, 0) is 72.3 Å². The Bertz CT molecular complexity index is 1280. The van der Waals surface area contributed by atoms with Crippen molar-refractivity contribution in [1.29, 1.82) is 0 Å². The van der Waals surface area contributed by atoms with Crippen LogP contribution >= 0.6 is 27.7 Å². The molecule has 8 heteroatoms. The quantitative estimate of drug-likeness (QED) is 0.376. The number of carbonyl (C=O) groups excluding carboxylic acids is 2. The number of likely N-dealkylation sites (N-methyl/N-ethyl adjacent to an activating group) is 1. The number of ether oxygens (including phenoxy) is 2. The monoisotopic (exact) mass is 554 g/mol. The standard InChI is InChI=1S/C27H27BrN2O4S/c1-15-12-17(28)8-11-21(15)29-26(31)24-19-13-22(33-3)23(34-4)14-20(19)27(32)30(2)25(24)16-6-9-18(35-5)10-7-16/h6-14,24-25H,1-5H3,(H,29,31)/t24-,25+/m0/s1. The molecule has 2 amide bonds. The van der Waals surface area contributed by atoms with E-state index in [-0.39, 0.29) is 11.8 Å². The molecule has 0 saturated carbocycles. The summed E-state index contributed by atoms with van der Waals surface area (Å²) in [7, 11) is 4.80. The van der Waals surface area contributed by atoms with Gasteiger partial charge in [0, 0.05) is 27.7 Å². The molecule has 0 saturated heterocycles. The van der Waals surface area contributed by atoms with Crippen LogP contribution in [0.4, 0.5) is 5.69 Å². The Morgan fingerprint density at radius 1 is 1.03 bits per heavy atom. The van der Waals surface area contributed by atoms with Gasteiger partial charge in [0.15, 0.2) is 11.5 Å². The van der Waals surface area contributed by atoms with E-state index >= 15 is 0 Å². The lowest BCUT2D eigenvalue weighted by atomic mass is 9.79. The first kappa shape index (κ1) is 25.1. The van der Waals surface area contributed by atoms with Gasteiger partial charge in [0.2, 0.25) is 5.91 Å². The van der Waals surface area contributed by atoms with Crippen LogP contribution in [0.2, 0.25) is 0 Å². The molecule has 4 rings (SSSR count). The maximum absolute atomic E-state index is 13.9. The smallest absolute Gasteiger partial charge is 0.254 e. The van der Waals surface area contributed by atoms with E-state index in [1.807, 2.05) is 55.6 Å². The van der Waals surface area contributed by atoms with Gasteiger partial charge in [-0.1, -0.05) is 28.1 Å². The predicted octanol–water partition coefficient (Wildman–Crippen LogP) is 6.05. The van der Waals surface area contributed by atoms with Crippen LogP contribution in [-0.2, 0) is 4.79 Å². The molecule has 1 aliphatic rings. The number of fused-ring (bicyclic) bond motifs is 1. The number of thioether (sulfide) groups is 1. The summed E-state index contributed by atoms with van der Waals surface area (Å²) in [5, 5.41) is 3.10. The molecule has 3 aromatic rings. The second-order valence-electron chi connectivity index (χ2n) is 8.35. The molecule has 0 spiro atoms. The van der Waals surface area contributed by atoms with E-state index in [1.54, 1.807) is 43.0 Å². The average Bonchev–Trinajstić information content (AvgIpc) is 2.86. The molecule has 1 aliphatic heterocycles. The molecule has 0 fully saturated rings. The molecule has 6 nitrogen and oxygen atoms in total. The van der Waals surface area contributed by atoms with E-state index in [0.29, 0.717) is 22.6 Å². The van der Waals surface area contributed by atoms with Gasteiger partial charge in [0.1, 0.15) is 0 Å². The van der Waals surface area contributed by atoms with Crippen LogP contribution in [0.5, 0.6) is 11.5 Å². The predicted molar refractivity (Wildman–Crippen MR) is 143 cm³/mol. The zero-order valence-corrected chi connectivity index (χ0v) is 22.6. The topological polar surface area (TPSA) is 67.9 Å². The van der Waals surface area contributed by atoms with E-state index in [9.17, 15) is 9.59 Å². The van der Waals surface area contributed by atoms with Crippen molar-refractivity contribution in [2.45, 2.75) is 23.8 Å². The molecular formula is C27H27BrN2O4S. The highest BCUT2D eigenvalue weighted by molar-refractivity contribution is 9.10. The fraction of sp³-hybridized carbons (Fsp3) is 0.259. The minimum Gasteiger partial charge on any atom is -0.493 e. The van der Waals surface area contributed by atoms with Gasteiger partial charge < -0.3 is 19.7 Å². The molecule has 182 valence electrons. The van der Waals surface area contributed by atoms with Crippen molar-refractivity contribution in [3.8, 4) is 11.5 Å². The Hall–Kier alpha value is -2.97. The van der Waals surface area contributed by atoms with Gasteiger partial charge in [-0.15, -0.1) is 11.8 Å². The minimum atomic E-state index is -0.671. The number of halogens is 1. The minimum absolute atomic E-state index is 0.177. The Kier molecular flexibility index (Phi) is 7.42. The Morgan fingerprint density at radius 3 is 2.29 bits per heavy atom. The summed E-state index contributed by atoms with van der Waals surface area (Å²) in [6, 6.07) is 16.6. The summed E-state index contributed by atoms with van der Waals surface area (Å²) in [5.41, 5.74) is 3.57. The second-order valence-corrected chi connectivity index (χ2v) is 10.1. The lowest BCUT2D eigenvalue weighted by Crippen LogP contribution is -2.44. The summed E-state index contributed by atoms with van der Waals surface area (Å²) < 4.78 is 11.9. The van der Waals surface area contributed by atoms with Crippen LogP contribution in [0.3, 0.4) is 0 Å². The molecule has 2 atom stereocenters. The van der Waals surface area contributed by atoms with Crippen molar-refractivity contribution in [3.63, 3.8) is 0 Å². The van der Waals surface area contributed by atoms with Crippen LogP contribution in [-0.4, -0.2) is 44.2 Å². The molecule has 0 unspecified atom stereocenters. The van der Waals surface area contributed by atoms with Gasteiger partial charge in [-0.2, -0.15) is 0 Å². The molecule has 0 bridgehead atoms. The summed E-state index contributed by atoms with van der Waals surface area (Å²) in [5.74, 6) is -0.141. The number of amides is 2. The highest BCUT2D eigenvalue weighted by atomic mass is 79.9. The highest BCUT2D eigenvalue weighted by Crippen LogP contribution is 2.46. The lowest BCUT2D eigenvalue weighted by Gasteiger charge is -2.40. The molecular weight excluding hydrogens is 528 g/mol. The number of benzene rings is 3. The van der Waals surface area contributed by atoms with E-state index in [1.165, 1.54) is 7.11 Å². The second kappa shape index (κ2) is 10.3. The van der Waals surface area contributed by atoms with E-state index < -0.39 is 12.0 Å². The number of carbonyl (C=O) groups is 2. The molecule has 1 heterocycles. The molecule has 35 heavy (non-hydrogen) atoms. The van der Waals surface area contributed by atoms with Gasteiger partial charge in [-0.25, -0.2) is 0 Å². The summed E-state index contributed by atoms with van der Waals surface area (Å²) in [6.45, 7) is 1.94. The largest absolute Gasteiger partial charge is 0.493 e. The fourth-order valence-corrected chi connectivity index (χ4v) is 5.41. The van der Waals surface area contributed by atoms with Gasteiger partial charge in [0.25, 0.3) is 5.91 Å². The lowest BCUT2D eigenvalue weighted by molar-refractivity contribution is -0.119. The van der Waals surface area contributed by atoms with Crippen LogP contribution in [0.15, 0.2) is 64.0 Å². The third-order valence-electron chi connectivity index (χ3n) is 6.36. The van der Waals surface area contributed by atoms with Crippen LogP contribution < -0.4 is 14.8 Å². The van der Waals surface area contributed by atoms with E-state index in [2.05, 4.69) is 21.2 Å². The molecule has 3 aromatic carbocycles. The van der Waals surface area contributed by atoms with Gasteiger partial charge >= 0.3 is 0 Å². The van der Waals surface area contributed by atoms with Gasteiger partial charge in [0.05, 0.1) is 26.2 Å². The number of anilines is 1. The van der Waals surface area contributed by atoms with Crippen LogP contribution in [0.1, 0.15) is 39.0 Å². The normalized spacial score (nSPS) is 17.1. The van der Waals surface area contributed by atoms with Crippen LogP contribution in [0, 0.1) is 6.92 Å². The third kappa shape index (κ3) is 4.77. The molecule has 1 N–H and O–H groups in total. The van der Waals surface area contributed by atoms with E-state index in [4.69, 9.17) is 9.47 Å². The average molecular weight is 555 g/mol. The SMILES string of the molecule is COc1cc2c(cc1OC)[C@H](C(=O)Nc1ccc(Br)cc1C)[C@@H](c1ccc(SC)cc1)N(C)C2=O. The summed E-state index contributed by atoms with van der Waals surface area (Å²) in [4.78, 5) is 30.2. The van der Waals surface area contributed by atoms with Crippen LogP contribution in [0.25, 0.3) is 0 Å². The number of hydrogen-bond acceptors (Lipinski definition) is 5. The first-order valence-corrected chi connectivity index (χ1v) is 13.0. The first-order valence-electron chi connectivity index (χ1n) is 11.0. The van der Waals surface area contributed by atoms with Gasteiger partial charge in [-0.3, -0.25) is 9.59 Å². The van der Waals surface area contributed by atoms with E-state index in [0.717, 1.165) is 26.2 Å². The molecule has 0 aliphatic carbocycles.